The van der Waals surface area contributed by atoms with E-state index in [1.54, 1.807) is 13.8 Å². The molecule has 3 N–H and O–H groups in total. The van der Waals surface area contributed by atoms with E-state index in [9.17, 15) is 19.6 Å². The van der Waals surface area contributed by atoms with E-state index in [1.807, 2.05) is 5.32 Å². The average molecular weight is 363 g/mol. The Balaban J connectivity index is 2.96. The number of carbonyl (C=O) groups is 2. The van der Waals surface area contributed by atoms with Crippen LogP contribution in [0.4, 0.5) is 0 Å². The highest BCUT2D eigenvalue weighted by atomic mass is 35.5. The Kier molecular flexibility index (Phi) is 6.23. The molecule has 0 heterocycles. The van der Waals surface area contributed by atoms with Crippen LogP contribution < -0.4 is 5.32 Å². The molecule has 8 heteroatoms. The second-order valence-electron chi connectivity index (χ2n) is 5.35. The van der Waals surface area contributed by atoms with E-state index in [4.69, 9.17) is 27.3 Å². The molecule has 126 valence electrons. The summed E-state index contributed by atoms with van der Waals surface area (Å²) in [4.78, 5) is 24.6. The van der Waals surface area contributed by atoms with Gasteiger partial charge in [-0.1, -0.05) is 37.0 Å². The molecule has 1 atom stereocenters. The van der Waals surface area contributed by atoms with Crippen LogP contribution in [0.25, 0.3) is 0 Å². The Morgan fingerprint density at radius 1 is 1.39 bits per heavy atom. The maximum absolute atomic E-state index is 12.3. The fourth-order valence-corrected chi connectivity index (χ4v) is 2.21. The first-order chi connectivity index (χ1) is 11.8. The third kappa shape index (κ3) is 6.91. The minimum absolute atomic E-state index is 0.0302. The van der Waals surface area contributed by atoms with Crippen LogP contribution in [0.15, 0.2) is 18.2 Å². The van der Waals surface area contributed by atoms with Crippen LogP contribution in [0.1, 0.15) is 47.5 Å². The van der Waals surface area contributed by atoms with Gasteiger partial charge in [0, 0.05) is 27.5 Å². The first-order valence-electron chi connectivity index (χ1n) is 8.45. The van der Waals surface area contributed by atoms with Crippen LogP contribution in [0, 0.1) is 5.92 Å². The van der Waals surface area contributed by atoms with E-state index < -0.39 is 37.5 Å². The molecule has 1 amide bonds. The molecule has 5 nitrogen and oxygen atoms in total. The number of rotatable bonds is 8. The highest BCUT2D eigenvalue weighted by Crippen LogP contribution is 2.22. The summed E-state index contributed by atoms with van der Waals surface area (Å²) in [5.41, 5.74) is -0.0302. The summed E-state index contributed by atoms with van der Waals surface area (Å²) in [6.07, 6.45) is -3.67. The number of benzene rings is 1. The predicted molar refractivity (Wildman–Crippen MR) is 91.6 cm³/mol. The number of nitrogens with one attached hydrogen (secondary N) is 1. The van der Waals surface area contributed by atoms with Crippen molar-refractivity contribution in [2.75, 3.05) is 0 Å². The summed E-state index contributed by atoms with van der Waals surface area (Å²) < 4.78 is 23.7. The molecule has 23 heavy (non-hydrogen) atoms. The number of carbonyl (C=O) groups excluding carboxylic acids is 2. The van der Waals surface area contributed by atoms with Crippen molar-refractivity contribution in [3.63, 3.8) is 0 Å². The topological polar surface area (TPSA) is 86.6 Å². The summed E-state index contributed by atoms with van der Waals surface area (Å²) in [5.74, 6) is -4.42. The summed E-state index contributed by atoms with van der Waals surface area (Å²) in [5, 5.41) is 21.1. The number of ketones is 1. The molecule has 0 radical (unpaired) electrons. The third-order valence-corrected chi connectivity index (χ3v) is 3.42. The number of hydrogen-bond acceptors (Lipinski definition) is 4. The van der Waals surface area contributed by atoms with Crippen LogP contribution >= 0.6 is 23.2 Å². The molecule has 0 aromatic heterocycles. The Morgan fingerprint density at radius 2 is 2.04 bits per heavy atom. The highest BCUT2D eigenvalue weighted by molar-refractivity contribution is 6.43. The molecule has 0 saturated heterocycles. The van der Waals surface area contributed by atoms with Crippen molar-refractivity contribution in [2.45, 2.75) is 39.0 Å². The quantitative estimate of drug-likeness (QED) is 0.489. The van der Waals surface area contributed by atoms with Gasteiger partial charge in [-0.15, -0.1) is 0 Å². The average Bonchev–Trinajstić information content (AvgIpc) is 2.48. The molecule has 0 unspecified atom stereocenters. The van der Waals surface area contributed by atoms with Crippen molar-refractivity contribution >= 4 is 42.0 Å². The second kappa shape index (κ2) is 9.28. The SMILES string of the molecule is [2H]C([2H])(CC(=O)c1cc(Cl)ccc1Cl)C(=O)N[C@@]([2H])(CC(C)C)B(O)O. The molecule has 1 aromatic rings. The lowest BCUT2D eigenvalue weighted by atomic mass is 9.75. The molecule has 0 spiro atoms. The van der Waals surface area contributed by atoms with E-state index in [0.29, 0.717) is 0 Å². The number of halogens is 2. The molecule has 1 rings (SSSR count). The van der Waals surface area contributed by atoms with Gasteiger partial charge < -0.3 is 15.4 Å². The molecular formula is C15H20BCl2NO4. The molecule has 0 fully saturated rings. The Morgan fingerprint density at radius 3 is 2.61 bits per heavy atom. The van der Waals surface area contributed by atoms with Crippen LogP contribution in [0.3, 0.4) is 0 Å². The van der Waals surface area contributed by atoms with Gasteiger partial charge in [0.15, 0.2) is 5.78 Å². The zero-order valence-corrected chi connectivity index (χ0v) is 14.3. The summed E-state index contributed by atoms with van der Waals surface area (Å²) in [6, 6.07) is 4.11. The van der Waals surface area contributed by atoms with E-state index in [2.05, 4.69) is 0 Å². The monoisotopic (exact) mass is 362 g/mol. The lowest BCUT2D eigenvalue weighted by Gasteiger charge is -2.19. The van der Waals surface area contributed by atoms with E-state index in [1.165, 1.54) is 18.2 Å². The number of Topliss-reactive ketones (excluding diaryl/α,β-unsaturated/α-hetero) is 1. The van der Waals surface area contributed by atoms with Crippen molar-refractivity contribution in [3.05, 3.63) is 33.8 Å². The lowest BCUT2D eigenvalue weighted by molar-refractivity contribution is -0.121. The minimum Gasteiger partial charge on any atom is -0.426 e. The predicted octanol–water partition coefficient (Wildman–Crippen LogP) is 2.50. The van der Waals surface area contributed by atoms with E-state index in [-0.39, 0.29) is 27.9 Å². The Hall–Kier alpha value is -1.08. The van der Waals surface area contributed by atoms with Crippen molar-refractivity contribution in [3.8, 4) is 0 Å². The fraction of sp³-hybridized carbons (Fsp3) is 0.467. The molecule has 0 aliphatic rings. The largest absolute Gasteiger partial charge is 0.475 e. The maximum atomic E-state index is 12.3. The Bertz CT molecular complexity index is 691. The van der Waals surface area contributed by atoms with Gasteiger partial charge in [0.1, 0.15) is 0 Å². The molecule has 1 aromatic carbocycles. The molecule has 0 aliphatic heterocycles. The standard InChI is InChI=1S/C15H20BCl2NO4/c1-9(2)7-14(16(22)23)19-15(21)6-5-13(20)11-8-10(17)3-4-12(11)18/h3-4,8-9,14,22-23H,5-7H2,1-2H3,(H,19,21)/t14-/m0/s1/i6D2,14D. The zero-order chi connectivity index (χ0) is 20.3. The minimum atomic E-state index is -2.69. The van der Waals surface area contributed by atoms with Crippen molar-refractivity contribution in [2.24, 2.45) is 5.92 Å². The van der Waals surface area contributed by atoms with Gasteiger partial charge in [-0.3, -0.25) is 9.59 Å². The fourth-order valence-electron chi connectivity index (χ4n) is 1.82. The summed E-state index contributed by atoms with van der Waals surface area (Å²) >= 11 is 11.7. The summed E-state index contributed by atoms with van der Waals surface area (Å²) in [7, 11) is -2.22. The molecule has 0 aliphatic carbocycles. The van der Waals surface area contributed by atoms with Crippen LogP contribution in [-0.4, -0.2) is 34.8 Å². The van der Waals surface area contributed by atoms with Crippen molar-refractivity contribution < 1.29 is 23.7 Å². The van der Waals surface area contributed by atoms with Gasteiger partial charge in [-0.2, -0.15) is 0 Å². The van der Waals surface area contributed by atoms with Crippen molar-refractivity contribution in [1.82, 2.24) is 5.32 Å². The molecule has 0 saturated carbocycles. The smallest absolute Gasteiger partial charge is 0.426 e. The number of hydrogen-bond donors (Lipinski definition) is 3. The summed E-state index contributed by atoms with van der Waals surface area (Å²) in [6.45, 7) is 3.41. The second-order valence-corrected chi connectivity index (χ2v) is 6.20. The van der Waals surface area contributed by atoms with E-state index in [0.717, 1.165) is 0 Å². The first-order valence-corrected chi connectivity index (χ1v) is 7.71. The van der Waals surface area contributed by atoms with Gasteiger partial charge in [-0.25, -0.2) is 0 Å². The highest BCUT2D eigenvalue weighted by Gasteiger charge is 2.26. The van der Waals surface area contributed by atoms with Gasteiger partial charge in [0.05, 0.1) is 10.9 Å². The first kappa shape index (κ1) is 15.5. The maximum Gasteiger partial charge on any atom is 0.475 e. The normalized spacial score (nSPS) is 16.0. The van der Waals surface area contributed by atoms with Crippen LogP contribution in [-0.2, 0) is 4.79 Å². The van der Waals surface area contributed by atoms with E-state index >= 15 is 0 Å². The lowest BCUT2D eigenvalue weighted by Crippen LogP contribution is -2.47. The van der Waals surface area contributed by atoms with Crippen LogP contribution in [0.5, 0.6) is 0 Å². The molecular weight excluding hydrogens is 340 g/mol. The number of amides is 1. The third-order valence-electron chi connectivity index (χ3n) is 2.85. The Labute approximate surface area is 150 Å². The van der Waals surface area contributed by atoms with Crippen molar-refractivity contribution in [1.29, 1.82) is 0 Å². The zero-order valence-electron chi connectivity index (χ0n) is 15.8. The van der Waals surface area contributed by atoms with Crippen LogP contribution in [0.2, 0.25) is 10.0 Å². The van der Waals surface area contributed by atoms with Gasteiger partial charge >= 0.3 is 7.12 Å². The van der Waals surface area contributed by atoms with Gasteiger partial charge in [0.25, 0.3) is 0 Å². The van der Waals surface area contributed by atoms with Gasteiger partial charge in [-0.05, 0) is 30.5 Å². The molecule has 0 bridgehead atoms. The van der Waals surface area contributed by atoms with Gasteiger partial charge in [0.2, 0.25) is 5.91 Å².